The first-order valence-electron chi connectivity index (χ1n) is 11.0. The highest BCUT2D eigenvalue weighted by Crippen LogP contribution is 2.34. The van der Waals surface area contributed by atoms with Crippen molar-refractivity contribution in [1.82, 2.24) is 24.4 Å². The second-order valence-electron chi connectivity index (χ2n) is 8.37. The zero-order chi connectivity index (χ0) is 22.7. The third-order valence-electron chi connectivity index (χ3n) is 5.95. The van der Waals surface area contributed by atoms with Crippen LogP contribution in [0.1, 0.15) is 37.2 Å². The van der Waals surface area contributed by atoms with E-state index in [9.17, 15) is 4.79 Å². The van der Waals surface area contributed by atoms with Gasteiger partial charge in [-0.25, -0.2) is 15.0 Å². The zero-order valence-corrected chi connectivity index (χ0v) is 19.6. The van der Waals surface area contributed by atoms with Crippen molar-refractivity contribution in [2.24, 2.45) is 0 Å². The molecule has 0 spiro atoms. The van der Waals surface area contributed by atoms with Crippen molar-refractivity contribution in [2.75, 3.05) is 32.1 Å². The van der Waals surface area contributed by atoms with Gasteiger partial charge >= 0.3 is 0 Å². The summed E-state index contributed by atoms with van der Waals surface area (Å²) in [7, 11) is 3.88. The van der Waals surface area contributed by atoms with Crippen LogP contribution < -0.4 is 4.90 Å². The van der Waals surface area contributed by atoms with E-state index in [1.165, 1.54) is 0 Å². The van der Waals surface area contributed by atoms with Crippen LogP contribution in [0.15, 0.2) is 42.9 Å². The first-order valence-corrected chi connectivity index (χ1v) is 11.4. The molecule has 1 amide bonds. The lowest BCUT2D eigenvalue weighted by atomic mass is 9.90. The molecule has 0 bridgehead atoms. The predicted molar refractivity (Wildman–Crippen MR) is 127 cm³/mol. The number of amides is 1. The van der Waals surface area contributed by atoms with Crippen molar-refractivity contribution in [1.29, 1.82) is 0 Å². The molecule has 1 aliphatic heterocycles. The number of halogens is 1. The minimum atomic E-state index is 0.123. The van der Waals surface area contributed by atoms with Gasteiger partial charge < -0.3 is 14.4 Å². The molecule has 3 heterocycles. The van der Waals surface area contributed by atoms with E-state index in [4.69, 9.17) is 16.6 Å². The summed E-state index contributed by atoms with van der Waals surface area (Å²) < 4.78 is 1.94. The Morgan fingerprint density at radius 3 is 2.72 bits per heavy atom. The number of carbonyl (C=O) groups excluding carboxylic acids is 1. The molecule has 0 unspecified atom stereocenters. The average Bonchev–Trinajstić information content (AvgIpc) is 3.26. The summed E-state index contributed by atoms with van der Waals surface area (Å²) >= 11 is 6.10. The molecule has 1 atom stereocenters. The third-order valence-corrected chi connectivity index (χ3v) is 6.20. The fourth-order valence-corrected chi connectivity index (χ4v) is 4.36. The normalized spacial score (nSPS) is 16.2. The second-order valence-corrected chi connectivity index (χ2v) is 8.81. The highest BCUT2D eigenvalue weighted by atomic mass is 35.5. The Morgan fingerprint density at radius 1 is 1.22 bits per heavy atom. The van der Waals surface area contributed by atoms with Crippen LogP contribution >= 0.6 is 11.6 Å². The molecule has 0 N–H and O–H groups in total. The molecular weight excluding hydrogens is 424 g/mol. The molecule has 0 radical (unpaired) electrons. The van der Waals surface area contributed by atoms with E-state index in [1.54, 1.807) is 6.20 Å². The fourth-order valence-electron chi connectivity index (χ4n) is 4.23. The molecule has 32 heavy (non-hydrogen) atoms. The fraction of sp³-hybridized carbons (Fsp3) is 0.417. The Balaban J connectivity index is 1.61. The van der Waals surface area contributed by atoms with E-state index in [0.717, 1.165) is 48.5 Å². The molecule has 2 aromatic heterocycles. The number of rotatable bonds is 6. The summed E-state index contributed by atoms with van der Waals surface area (Å²) in [5, 5.41) is 0.696. The predicted octanol–water partition coefficient (Wildman–Crippen LogP) is 4.03. The minimum absolute atomic E-state index is 0.123. The molecule has 1 aromatic carbocycles. The molecule has 1 aliphatic rings. The van der Waals surface area contributed by atoms with Gasteiger partial charge in [0.05, 0.1) is 5.69 Å². The number of nitrogens with zero attached hydrogens (tertiary/aromatic N) is 6. The van der Waals surface area contributed by atoms with Crippen molar-refractivity contribution >= 4 is 23.5 Å². The summed E-state index contributed by atoms with van der Waals surface area (Å²) in [6.07, 6.45) is 8.27. The average molecular weight is 453 g/mol. The number of hydrogen-bond donors (Lipinski definition) is 0. The topological polar surface area (TPSA) is 67.2 Å². The van der Waals surface area contributed by atoms with Crippen molar-refractivity contribution in [3.05, 3.63) is 59.4 Å². The van der Waals surface area contributed by atoms with Crippen LogP contribution in [-0.2, 0) is 17.8 Å². The lowest BCUT2D eigenvalue weighted by molar-refractivity contribution is -0.133. The number of benzene rings is 1. The number of carbonyl (C=O) groups is 1. The maximum absolute atomic E-state index is 13.1. The Bertz CT molecular complexity index is 1080. The van der Waals surface area contributed by atoms with Crippen LogP contribution in [0.5, 0.6) is 0 Å². The highest BCUT2D eigenvalue weighted by molar-refractivity contribution is 6.30. The number of likely N-dealkylation sites (tertiary alicyclic amines) is 1. The maximum Gasteiger partial charge on any atom is 0.242 e. The highest BCUT2D eigenvalue weighted by Gasteiger charge is 2.28. The van der Waals surface area contributed by atoms with Crippen molar-refractivity contribution in [3.63, 3.8) is 0 Å². The number of hydrogen-bond acceptors (Lipinski definition) is 5. The van der Waals surface area contributed by atoms with Crippen molar-refractivity contribution in [3.8, 4) is 11.1 Å². The lowest BCUT2D eigenvalue weighted by Gasteiger charge is -2.33. The van der Waals surface area contributed by atoms with E-state index in [2.05, 4.69) is 16.9 Å². The van der Waals surface area contributed by atoms with E-state index >= 15 is 0 Å². The van der Waals surface area contributed by atoms with E-state index in [1.807, 2.05) is 65.1 Å². The van der Waals surface area contributed by atoms with Crippen LogP contribution in [0.4, 0.5) is 5.95 Å². The first-order chi connectivity index (χ1) is 15.5. The van der Waals surface area contributed by atoms with Gasteiger partial charge in [-0.2, -0.15) is 0 Å². The van der Waals surface area contributed by atoms with Crippen LogP contribution in [0.25, 0.3) is 11.1 Å². The van der Waals surface area contributed by atoms with E-state index < -0.39 is 0 Å². The van der Waals surface area contributed by atoms with Gasteiger partial charge in [-0.15, -0.1) is 0 Å². The smallest absolute Gasteiger partial charge is 0.242 e. The molecule has 0 saturated carbocycles. The summed E-state index contributed by atoms with van der Waals surface area (Å²) in [5.41, 5.74) is 3.01. The number of aryl methyl sites for hydroxylation is 1. The number of anilines is 1. The van der Waals surface area contributed by atoms with Crippen LogP contribution in [0, 0.1) is 0 Å². The van der Waals surface area contributed by atoms with E-state index in [0.29, 0.717) is 24.1 Å². The van der Waals surface area contributed by atoms with Gasteiger partial charge in [-0.3, -0.25) is 4.79 Å². The molecule has 3 aromatic rings. The van der Waals surface area contributed by atoms with Gasteiger partial charge in [0.25, 0.3) is 0 Å². The quantitative estimate of drug-likeness (QED) is 0.565. The Hall–Kier alpha value is -2.93. The number of imidazole rings is 1. The molecule has 1 saturated heterocycles. The molecule has 8 heteroatoms. The number of piperidine rings is 1. The summed E-state index contributed by atoms with van der Waals surface area (Å²) in [5.74, 6) is 1.88. The standard InChI is InChI=1S/C24H29ClN6O/c1-4-21-26-11-13-30(21)16-22(32)31-12-5-6-18(15-31)23-20(14-27-24(28-23)29(2)3)17-7-9-19(25)10-8-17/h7-11,13-14,18H,4-6,12,15-16H2,1-3H3/t18-/m1/s1. The Kier molecular flexibility index (Phi) is 6.74. The molecule has 1 fully saturated rings. The second kappa shape index (κ2) is 9.69. The SMILES string of the molecule is CCc1nccn1CC(=O)N1CCC[C@@H](c2nc(N(C)C)ncc2-c2ccc(Cl)cc2)C1. The molecule has 0 aliphatic carbocycles. The lowest BCUT2D eigenvalue weighted by Crippen LogP contribution is -2.41. The van der Waals surface area contributed by atoms with E-state index in [-0.39, 0.29) is 11.8 Å². The van der Waals surface area contributed by atoms with Gasteiger partial charge in [0.15, 0.2) is 0 Å². The van der Waals surface area contributed by atoms with Gasteiger partial charge in [0.1, 0.15) is 12.4 Å². The van der Waals surface area contributed by atoms with Gasteiger partial charge in [-0.1, -0.05) is 30.7 Å². The summed E-state index contributed by atoms with van der Waals surface area (Å²) in [6, 6.07) is 7.76. The zero-order valence-electron chi connectivity index (χ0n) is 18.8. The summed E-state index contributed by atoms with van der Waals surface area (Å²) in [4.78, 5) is 30.8. The third kappa shape index (κ3) is 4.78. The largest absolute Gasteiger partial charge is 0.347 e. The van der Waals surface area contributed by atoms with Crippen molar-refractivity contribution < 1.29 is 4.79 Å². The first kappa shape index (κ1) is 22.3. The molecule has 7 nitrogen and oxygen atoms in total. The van der Waals surface area contributed by atoms with Crippen molar-refractivity contribution in [2.45, 2.75) is 38.6 Å². The van der Waals surface area contributed by atoms with Crippen LogP contribution in [-0.4, -0.2) is 57.5 Å². The minimum Gasteiger partial charge on any atom is -0.347 e. The molecule has 4 rings (SSSR count). The summed E-state index contributed by atoms with van der Waals surface area (Å²) in [6.45, 7) is 3.80. The maximum atomic E-state index is 13.1. The molecule has 168 valence electrons. The van der Waals surface area contributed by atoms with Gasteiger partial charge in [0.2, 0.25) is 11.9 Å². The number of aromatic nitrogens is 4. The molecular formula is C24H29ClN6O. The Morgan fingerprint density at radius 2 is 2.00 bits per heavy atom. The Labute approximate surface area is 194 Å². The van der Waals surface area contributed by atoms with Gasteiger partial charge in [0, 0.05) is 68.7 Å². The van der Waals surface area contributed by atoms with Crippen LogP contribution in [0.2, 0.25) is 5.02 Å². The van der Waals surface area contributed by atoms with Gasteiger partial charge in [-0.05, 0) is 30.5 Å². The monoisotopic (exact) mass is 452 g/mol. The van der Waals surface area contributed by atoms with Crippen LogP contribution in [0.3, 0.4) is 0 Å².